The van der Waals surface area contributed by atoms with E-state index < -0.39 is 5.97 Å². The summed E-state index contributed by atoms with van der Waals surface area (Å²) in [5.74, 6) is 1.46. The van der Waals surface area contributed by atoms with Gasteiger partial charge in [0, 0.05) is 11.1 Å². The van der Waals surface area contributed by atoms with E-state index in [4.69, 9.17) is 9.15 Å². The van der Waals surface area contributed by atoms with E-state index in [-0.39, 0.29) is 29.5 Å². The number of Topliss-reactive ketones (excluding diaryl/α,β-unsaturated/α-hetero) is 1. The maximum Gasteiger partial charge on any atom is 0.338 e. The van der Waals surface area contributed by atoms with E-state index in [9.17, 15) is 14.4 Å². The van der Waals surface area contributed by atoms with Gasteiger partial charge in [-0.15, -0.1) is 0 Å². The molecular weight excluding hydrogens is 382 g/mol. The number of ketones is 1. The fraction of sp³-hybridized carbons (Fsp3) is 0.458. The van der Waals surface area contributed by atoms with Crippen molar-refractivity contribution in [3.8, 4) is 0 Å². The summed E-state index contributed by atoms with van der Waals surface area (Å²) in [4.78, 5) is 37.4. The number of hydrogen-bond acceptors (Lipinski definition) is 5. The summed E-state index contributed by atoms with van der Waals surface area (Å²) in [6, 6.07) is 9.61. The van der Waals surface area contributed by atoms with Gasteiger partial charge in [0.15, 0.2) is 18.2 Å². The summed E-state index contributed by atoms with van der Waals surface area (Å²) in [7, 11) is 0. The molecule has 4 aliphatic rings. The van der Waals surface area contributed by atoms with Crippen molar-refractivity contribution in [2.24, 2.45) is 23.2 Å². The van der Waals surface area contributed by atoms with Crippen molar-refractivity contribution in [2.75, 3.05) is 11.9 Å². The van der Waals surface area contributed by atoms with E-state index in [1.165, 1.54) is 25.5 Å². The zero-order chi connectivity index (χ0) is 20.7. The van der Waals surface area contributed by atoms with Crippen molar-refractivity contribution >= 4 is 23.3 Å². The Kier molecular flexibility index (Phi) is 4.72. The lowest BCUT2D eigenvalue weighted by atomic mass is 9.48. The standard InChI is InChI=1S/C24H25NO5/c26-21(24-11-15-8-16(12-24)10-17(9-15)13-24)14-30-23(28)18-3-5-19(6-4-18)25-22(27)20-2-1-7-29-20/h1-7,15-17H,8-14H2,(H,25,27). The monoisotopic (exact) mass is 407 g/mol. The number of carbonyl (C=O) groups is 3. The second-order valence-corrected chi connectivity index (χ2v) is 9.21. The van der Waals surface area contributed by atoms with Gasteiger partial charge in [0.2, 0.25) is 0 Å². The van der Waals surface area contributed by atoms with E-state index in [0.29, 0.717) is 29.0 Å². The van der Waals surface area contributed by atoms with Crippen molar-refractivity contribution < 1.29 is 23.5 Å². The molecule has 1 aromatic carbocycles. The zero-order valence-corrected chi connectivity index (χ0v) is 16.8. The molecule has 1 amide bonds. The smallest absolute Gasteiger partial charge is 0.338 e. The molecule has 6 nitrogen and oxygen atoms in total. The molecule has 6 heteroatoms. The minimum absolute atomic E-state index is 0.0947. The van der Waals surface area contributed by atoms with Crippen LogP contribution in [0.15, 0.2) is 47.1 Å². The maximum atomic E-state index is 13.0. The molecule has 4 bridgehead atoms. The second kappa shape index (κ2) is 7.42. The van der Waals surface area contributed by atoms with Crippen molar-refractivity contribution in [2.45, 2.75) is 38.5 Å². The van der Waals surface area contributed by atoms with Crippen molar-refractivity contribution in [3.05, 3.63) is 54.0 Å². The number of benzene rings is 1. The number of esters is 1. The first-order valence-electron chi connectivity index (χ1n) is 10.7. The Morgan fingerprint density at radius 3 is 2.17 bits per heavy atom. The SMILES string of the molecule is O=C(OCC(=O)C12CC3CC(CC(C3)C1)C2)c1ccc(NC(=O)c2ccco2)cc1. The highest BCUT2D eigenvalue weighted by Gasteiger charge is 2.54. The van der Waals surface area contributed by atoms with Gasteiger partial charge in [-0.25, -0.2) is 4.79 Å². The molecule has 0 spiro atoms. The average Bonchev–Trinajstić information content (AvgIpc) is 3.26. The summed E-state index contributed by atoms with van der Waals surface area (Å²) in [5, 5.41) is 2.70. The minimum atomic E-state index is -0.517. The zero-order valence-electron chi connectivity index (χ0n) is 16.8. The molecule has 1 heterocycles. The molecule has 4 fully saturated rings. The lowest BCUT2D eigenvalue weighted by molar-refractivity contribution is -0.147. The normalized spacial score (nSPS) is 28.9. The van der Waals surface area contributed by atoms with Crippen molar-refractivity contribution in [3.63, 3.8) is 0 Å². The first-order chi connectivity index (χ1) is 14.5. The Hall–Kier alpha value is -2.89. The first-order valence-corrected chi connectivity index (χ1v) is 10.7. The van der Waals surface area contributed by atoms with Gasteiger partial charge in [-0.05, 0) is 92.7 Å². The van der Waals surface area contributed by atoms with Gasteiger partial charge in [0.1, 0.15) is 0 Å². The van der Waals surface area contributed by atoms with Crippen LogP contribution in [0, 0.1) is 23.2 Å². The molecular formula is C24H25NO5. The molecule has 4 saturated carbocycles. The molecule has 6 rings (SSSR count). The van der Waals surface area contributed by atoms with Crippen LogP contribution in [0.5, 0.6) is 0 Å². The topological polar surface area (TPSA) is 85.6 Å². The highest BCUT2D eigenvalue weighted by molar-refractivity contribution is 6.02. The molecule has 156 valence electrons. The number of hydrogen-bond donors (Lipinski definition) is 1. The molecule has 1 N–H and O–H groups in total. The highest BCUT2D eigenvalue weighted by atomic mass is 16.5. The predicted molar refractivity (Wildman–Crippen MR) is 109 cm³/mol. The number of amides is 1. The third kappa shape index (κ3) is 3.55. The Bertz CT molecular complexity index is 925. The Morgan fingerprint density at radius 2 is 1.60 bits per heavy atom. The Balaban J connectivity index is 1.17. The fourth-order valence-electron chi connectivity index (χ4n) is 6.11. The van der Waals surface area contributed by atoms with Crippen LogP contribution in [-0.4, -0.2) is 24.3 Å². The lowest BCUT2D eigenvalue weighted by Gasteiger charge is -2.55. The third-order valence-corrected chi connectivity index (χ3v) is 7.09. The quantitative estimate of drug-likeness (QED) is 0.714. The van der Waals surface area contributed by atoms with Crippen LogP contribution in [0.2, 0.25) is 0 Å². The van der Waals surface area contributed by atoms with E-state index in [0.717, 1.165) is 19.3 Å². The van der Waals surface area contributed by atoms with Gasteiger partial charge >= 0.3 is 5.97 Å². The molecule has 4 aliphatic carbocycles. The van der Waals surface area contributed by atoms with Gasteiger partial charge < -0.3 is 14.5 Å². The van der Waals surface area contributed by atoms with E-state index >= 15 is 0 Å². The van der Waals surface area contributed by atoms with Crippen molar-refractivity contribution in [1.82, 2.24) is 0 Å². The first kappa shape index (κ1) is 19.1. The number of furan rings is 1. The number of carbonyl (C=O) groups excluding carboxylic acids is 3. The van der Waals surface area contributed by atoms with Crippen LogP contribution in [0.4, 0.5) is 5.69 Å². The molecule has 0 radical (unpaired) electrons. The number of nitrogens with one attached hydrogen (secondary N) is 1. The molecule has 0 unspecified atom stereocenters. The van der Waals surface area contributed by atoms with Gasteiger partial charge in [-0.1, -0.05) is 0 Å². The lowest BCUT2D eigenvalue weighted by Crippen LogP contribution is -2.51. The predicted octanol–water partition coefficient (Wildman–Crippen LogP) is 4.47. The largest absolute Gasteiger partial charge is 0.459 e. The van der Waals surface area contributed by atoms with E-state index in [2.05, 4.69) is 5.32 Å². The summed E-state index contributed by atoms with van der Waals surface area (Å²) in [6.45, 7) is -0.151. The van der Waals surface area contributed by atoms with Gasteiger partial charge in [0.25, 0.3) is 5.91 Å². The fourth-order valence-corrected chi connectivity index (χ4v) is 6.11. The van der Waals surface area contributed by atoms with Gasteiger partial charge in [-0.3, -0.25) is 9.59 Å². The summed E-state index contributed by atoms with van der Waals surface area (Å²) < 4.78 is 10.4. The molecule has 0 aliphatic heterocycles. The van der Waals surface area contributed by atoms with Crippen LogP contribution in [-0.2, 0) is 9.53 Å². The number of ether oxygens (including phenoxy) is 1. The number of anilines is 1. The second-order valence-electron chi connectivity index (χ2n) is 9.21. The van der Waals surface area contributed by atoms with E-state index in [1.807, 2.05) is 0 Å². The van der Waals surface area contributed by atoms with Crippen LogP contribution < -0.4 is 5.32 Å². The van der Waals surface area contributed by atoms with Crippen LogP contribution in [0.1, 0.15) is 59.4 Å². The average molecular weight is 407 g/mol. The Morgan fingerprint density at radius 1 is 0.967 bits per heavy atom. The molecule has 30 heavy (non-hydrogen) atoms. The summed E-state index contributed by atoms with van der Waals surface area (Å²) in [5.41, 5.74) is 0.636. The molecule has 0 atom stereocenters. The summed E-state index contributed by atoms with van der Waals surface area (Å²) >= 11 is 0. The highest BCUT2D eigenvalue weighted by Crippen LogP contribution is 2.60. The Labute approximate surface area is 175 Å². The third-order valence-electron chi connectivity index (χ3n) is 7.09. The van der Waals surface area contributed by atoms with Gasteiger partial charge in [0.05, 0.1) is 11.8 Å². The molecule has 0 saturated heterocycles. The minimum Gasteiger partial charge on any atom is -0.459 e. The van der Waals surface area contributed by atoms with Crippen LogP contribution in [0.3, 0.4) is 0 Å². The molecule has 1 aromatic heterocycles. The van der Waals surface area contributed by atoms with Crippen molar-refractivity contribution in [1.29, 1.82) is 0 Å². The molecule has 2 aromatic rings. The van der Waals surface area contributed by atoms with Crippen LogP contribution >= 0.6 is 0 Å². The number of rotatable bonds is 6. The van der Waals surface area contributed by atoms with E-state index in [1.54, 1.807) is 36.4 Å². The van der Waals surface area contributed by atoms with Crippen LogP contribution in [0.25, 0.3) is 0 Å². The maximum absolute atomic E-state index is 13.0. The summed E-state index contributed by atoms with van der Waals surface area (Å²) in [6.07, 6.45) is 8.16. The van der Waals surface area contributed by atoms with Gasteiger partial charge in [-0.2, -0.15) is 0 Å².